The van der Waals surface area contributed by atoms with E-state index in [0.717, 1.165) is 6.42 Å². The van der Waals surface area contributed by atoms with Crippen LogP contribution in [0.3, 0.4) is 0 Å². The number of nitrogens with zero attached hydrogens (tertiary/aromatic N) is 5. The molecule has 0 saturated heterocycles. The standard InChI is InChI=1S/C20H17N5O2/c1-18(2)19(3)6-7-20(18,17(26)27-12-5-4-8-23-11-12)16-15(19)24-13(9-21)14(10-22)25-16/h4-5,8,11H,6-7H2,1-3H3. The molecule has 2 unspecified atom stereocenters. The minimum atomic E-state index is -1.03. The lowest BCUT2D eigenvalue weighted by Crippen LogP contribution is -2.48. The molecule has 27 heavy (non-hydrogen) atoms. The first-order chi connectivity index (χ1) is 12.8. The number of hydrogen-bond donors (Lipinski definition) is 0. The van der Waals surface area contributed by atoms with Crippen LogP contribution in [0.2, 0.25) is 0 Å². The molecule has 0 aliphatic heterocycles. The summed E-state index contributed by atoms with van der Waals surface area (Å²) in [7, 11) is 0. The van der Waals surface area contributed by atoms with Gasteiger partial charge in [0.2, 0.25) is 0 Å². The van der Waals surface area contributed by atoms with Crippen molar-refractivity contribution < 1.29 is 9.53 Å². The number of carbonyl (C=O) groups is 1. The van der Waals surface area contributed by atoms with E-state index in [0.29, 0.717) is 23.6 Å². The Labute approximate surface area is 156 Å². The van der Waals surface area contributed by atoms with Crippen molar-refractivity contribution in [1.82, 2.24) is 15.0 Å². The molecule has 7 heteroatoms. The van der Waals surface area contributed by atoms with Gasteiger partial charge in [-0.15, -0.1) is 0 Å². The van der Waals surface area contributed by atoms with Crippen molar-refractivity contribution in [2.45, 2.75) is 44.4 Å². The van der Waals surface area contributed by atoms with Crippen molar-refractivity contribution in [3.63, 3.8) is 0 Å². The van der Waals surface area contributed by atoms with Crippen LogP contribution in [0.5, 0.6) is 5.75 Å². The van der Waals surface area contributed by atoms with E-state index in [1.165, 1.54) is 6.20 Å². The quantitative estimate of drug-likeness (QED) is 0.757. The zero-order valence-electron chi connectivity index (χ0n) is 15.3. The topological polar surface area (TPSA) is 113 Å². The van der Waals surface area contributed by atoms with Gasteiger partial charge in [-0.05, 0) is 30.4 Å². The van der Waals surface area contributed by atoms with Gasteiger partial charge in [0.25, 0.3) is 0 Å². The molecule has 0 N–H and O–H groups in total. The van der Waals surface area contributed by atoms with Crippen LogP contribution in [0.4, 0.5) is 0 Å². The third-order valence-electron chi connectivity index (χ3n) is 6.67. The number of pyridine rings is 1. The fourth-order valence-corrected chi connectivity index (χ4v) is 4.69. The summed E-state index contributed by atoms with van der Waals surface area (Å²) >= 11 is 0. The molecule has 2 atom stereocenters. The monoisotopic (exact) mass is 359 g/mol. The fraction of sp³-hybridized carbons (Fsp3) is 0.400. The summed E-state index contributed by atoms with van der Waals surface area (Å²) in [6.45, 7) is 6.05. The maximum absolute atomic E-state index is 13.4. The molecule has 134 valence electrons. The second-order valence-corrected chi connectivity index (χ2v) is 7.78. The highest BCUT2D eigenvalue weighted by atomic mass is 16.5. The molecule has 1 saturated carbocycles. The van der Waals surface area contributed by atoms with E-state index in [-0.39, 0.29) is 11.4 Å². The second kappa shape index (κ2) is 5.34. The van der Waals surface area contributed by atoms with Crippen LogP contribution in [-0.2, 0) is 15.6 Å². The molecule has 2 aromatic heterocycles. The molecule has 2 heterocycles. The molecule has 0 radical (unpaired) electrons. The van der Waals surface area contributed by atoms with Gasteiger partial charge in [0.05, 0.1) is 17.6 Å². The van der Waals surface area contributed by atoms with Crippen LogP contribution < -0.4 is 4.74 Å². The molecule has 0 spiro atoms. The number of fused-ring (bicyclic) bond motifs is 5. The van der Waals surface area contributed by atoms with Crippen LogP contribution in [0.25, 0.3) is 0 Å². The first kappa shape index (κ1) is 17.1. The van der Waals surface area contributed by atoms with E-state index in [2.05, 4.69) is 15.0 Å². The number of ether oxygens (including phenoxy) is 1. The summed E-state index contributed by atoms with van der Waals surface area (Å²) < 4.78 is 5.67. The lowest BCUT2D eigenvalue weighted by molar-refractivity contribution is -0.145. The summed E-state index contributed by atoms with van der Waals surface area (Å²) in [5.74, 6) is -0.0669. The predicted octanol–water partition coefficient (Wildman–Crippen LogP) is 2.55. The van der Waals surface area contributed by atoms with Gasteiger partial charge >= 0.3 is 5.97 Å². The summed E-state index contributed by atoms with van der Waals surface area (Å²) in [5.41, 5.74) is -0.985. The van der Waals surface area contributed by atoms with Gasteiger partial charge in [-0.2, -0.15) is 10.5 Å². The first-order valence-electron chi connectivity index (χ1n) is 8.67. The van der Waals surface area contributed by atoms with Crippen LogP contribution in [0.1, 0.15) is 56.4 Å². The zero-order chi connectivity index (χ0) is 19.4. The van der Waals surface area contributed by atoms with Gasteiger partial charge in [0.15, 0.2) is 11.4 Å². The molecule has 2 aromatic rings. The Hall–Kier alpha value is -3.32. The lowest BCUT2D eigenvalue weighted by atomic mass is 9.64. The Morgan fingerprint density at radius 2 is 1.78 bits per heavy atom. The van der Waals surface area contributed by atoms with Crippen LogP contribution >= 0.6 is 0 Å². The van der Waals surface area contributed by atoms with Gasteiger partial charge in [-0.25, -0.2) is 9.97 Å². The molecule has 0 aromatic carbocycles. The molecule has 2 aliphatic carbocycles. The van der Waals surface area contributed by atoms with E-state index < -0.39 is 22.2 Å². The number of nitriles is 2. The Morgan fingerprint density at radius 3 is 2.37 bits per heavy atom. The number of hydrogen-bond acceptors (Lipinski definition) is 7. The van der Waals surface area contributed by atoms with Crippen LogP contribution in [-0.4, -0.2) is 20.9 Å². The molecule has 2 aliphatic rings. The molecule has 1 fully saturated rings. The van der Waals surface area contributed by atoms with Crippen molar-refractivity contribution in [3.05, 3.63) is 47.3 Å². The molecule has 7 nitrogen and oxygen atoms in total. The predicted molar refractivity (Wildman–Crippen MR) is 93.4 cm³/mol. The molecular weight excluding hydrogens is 342 g/mol. The zero-order valence-corrected chi connectivity index (χ0v) is 15.3. The van der Waals surface area contributed by atoms with Crippen molar-refractivity contribution in [1.29, 1.82) is 10.5 Å². The third-order valence-corrected chi connectivity index (χ3v) is 6.67. The van der Waals surface area contributed by atoms with E-state index in [4.69, 9.17) is 4.74 Å². The van der Waals surface area contributed by atoms with Crippen LogP contribution in [0, 0.1) is 28.1 Å². The highest BCUT2D eigenvalue weighted by molar-refractivity contribution is 5.89. The lowest BCUT2D eigenvalue weighted by Gasteiger charge is -2.38. The SMILES string of the molecule is CC12CCC(C(=O)Oc3cccnc3)(c3nc(C#N)c(C#N)nc31)C2(C)C. The fourth-order valence-electron chi connectivity index (χ4n) is 4.69. The normalized spacial score (nSPS) is 26.7. The average Bonchev–Trinajstić information content (AvgIpc) is 2.97. The third kappa shape index (κ3) is 1.89. The summed E-state index contributed by atoms with van der Waals surface area (Å²) in [4.78, 5) is 26.3. The molecular formula is C20H17N5O2. The summed E-state index contributed by atoms with van der Waals surface area (Å²) in [5, 5.41) is 18.7. The average molecular weight is 359 g/mol. The first-order valence-corrected chi connectivity index (χ1v) is 8.67. The van der Waals surface area contributed by atoms with Gasteiger partial charge in [-0.1, -0.05) is 20.8 Å². The van der Waals surface area contributed by atoms with Crippen molar-refractivity contribution in [2.75, 3.05) is 0 Å². The van der Waals surface area contributed by atoms with E-state index >= 15 is 0 Å². The van der Waals surface area contributed by atoms with Gasteiger partial charge < -0.3 is 4.74 Å². The van der Waals surface area contributed by atoms with Crippen LogP contribution in [0.15, 0.2) is 24.5 Å². The highest BCUT2D eigenvalue weighted by Gasteiger charge is 2.74. The summed E-state index contributed by atoms with van der Waals surface area (Å²) in [6.07, 6.45) is 4.36. The van der Waals surface area contributed by atoms with Gasteiger partial charge in [0.1, 0.15) is 23.3 Å². The maximum Gasteiger partial charge on any atom is 0.324 e. The van der Waals surface area contributed by atoms with Gasteiger partial charge in [0, 0.05) is 11.6 Å². The Balaban J connectivity index is 1.93. The van der Waals surface area contributed by atoms with Gasteiger partial charge in [-0.3, -0.25) is 9.78 Å². The Bertz CT molecular complexity index is 1050. The molecule has 4 rings (SSSR count). The Kier molecular flexibility index (Phi) is 3.38. The summed E-state index contributed by atoms with van der Waals surface area (Å²) in [6, 6.07) is 7.23. The largest absolute Gasteiger partial charge is 0.424 e. The second-order valence-electron chi connectivity index (χ2n) is 7.78. The van der Waals surface area contributed by atoms with E-state index in [9.17, 15) is 15.3 Å². The highest BCUT2D eigenvalue weighted by Crippen LogP contribution is 2.70. The van der Waals surface area contributed by atoms with Crippen molar-refractivity contribution in [2.24, 2.45) is 5.41 Å². The van der Waals surface area contributed by atoms with Crippen molar-refractivity contribution in [3.8, 4) is 17.9 Å². The minimum absolute atomic E-state index is 0.00315. The number of rotatable bonds is 2. The number of esters is 1. The Morgan fingerprint density at radius 1 is 1.11 bits per heavy atom. The number of aromatic nitrogens is 3. The minimum Gasteiger partial charge on any atom is -0.424 e. The van der Waals surface area contributed by atoms with E-state index in [1.54, 1.807) is 18.3 Å². The van der Waals surface area contributed by atoms with Crippen molar-refractivity contribution >= 4 is 5.97 Å². The molecule has 2 bridgehead atoms. The van der Waals surface area contributed by atoms with E-state index in [1.807, 2.05) is 32.9 Å². The number of carbonyl (C=O) groups excluding carboxylic acids is 1. The molecule has 0 amide bonds. The smallest absolute Gasteiger partial charge is 0.324 e. The maximum atomic E-state index is 13.4.